The SMILES string of the molecule is O=C1C[C@H](N2CCN([C@H]3CC(=O)N(c4ccccc4)C3=O)CC2)C(=O)N1c1ccccc1. The average molecular weight is 432 g/mol. The number of hydrogen-bond donors (Lipinski definition) is 0. The fourth-order valence-corrected chi connectivity index (χ4v) is 4.86. The first-order valence-electron chi connectivity index (χ1n) is 10.9. The Morgan fingerprint density at radius 3 is 1.22 bits per heavy atom. The molecule has 2 atom stereocenters. The quantitative estimate of drug-likeness (QED) is 0.677. The Morgan fingerprint density at radius 1 is 0.531 bits per heavy atom. The molecule has 3 aliphatic heterocycles. The zero-order valence-electron chi connectivity index (χ0n) is 17.6. The number of carbonyl (C=O) groups is 4. The molecular formula is C24H24N4O4. The van der Waals surface area contributed by atoms with Gasteiger partial charge in [-0.05, 0) is 24.3 Å². The van der Waals surface area contributed by atoms with Crippen LogP contribution in [0, 0.1) is 0 Å². The van der Waals surface area contributed by atoms with Crippen LogP contribution in [0.2, 0.25) is 0 Å². The van der Waals surface area contributed by atoms with E-state index < -0.39 is 12.1 Å². The van der Waals surface area contributed by atoms with Crippen molar-refractivity contribution in [2.75, 3.05) is 36.0 Å². The van der Waals surface area contributed by atoms with Gasteiger partial charge in [-0.25, -0.2) is 9.80 Å². The lowest BCUT2D eigenvalue weighted by molar-refractivity contribution is -0.126. The standard InChI is InChI=1S/C24H24N4O4/c29-21-15-19(23(31)27(21)17-7-3-1-4-8-17)25-11-13-26(14-12-25)20-16-22(30)28(24(20)32)18-9-5-2-6-10-18/h1-10,19-20H,11-16H2/t19-,20-/m0/s1. The van der Waals surface area contributed by atoms with E-state index in [0.717, 1.165) is 0 Å². The molecule has 0 aromatic heterocycles. The summed E-state index contributed by atoms with van der Waals surface area (Å²) in [5.41, 5.74) is 1.19. The number of rotatable bonds is 4. The Kier molecular flexibility index (Phi) is 5.32. The van der Waals surface area contributed by atoms with Crippen molar-refractivity contribution < 1.29 is 19.2 Å². The number of amides is 4. The minimum atomic E-state index is -0.480. The van der Waals surface area contributed by atoms with Gasteiger partial charge in [-0.1, -0.05) is 36.4 Å². The molecule has 2 aromatic rings. The molecule has 3 saturated heterocycles. The van der Waals surface area contributed by atoms with Crippen LogP contribution in [0.25, 0.3) is 0 Å². The highest BCUT2D eigenvalue weighted by Gasteiger charge is 2.46. The van der Waals surface area contributed by atoms with E-state index >= 15 is 0 Å². The van der Waals surface area contributed by atoms with Gasteiger partial charge in [-0.2, -0.15) is 0 Å². The van der Waals surface area contributed by atoms with Crippen molar-refractivity contribution in [1.29, 1.82) is 0 Å². The molecule has 0 spiro atoms. The van der Waals surface area contributed by atoms with Crippen molar-refractivity contribution in [2.24, 2.45) is 0 Å². The van der Waals surface area contributed by atoms with Crippen molar-refractivity contribution in [3.05, 3.63) is 60.7 Å². The van der Waals surface area contributed by atoms with Crippen molar-refractivity contribution in [3.63, 3.8) is 0 Å². The second-order valence-corrected chi connectivity index (χ2v) is 8.32. The van der Waals surface area contributed by atoms with E-state index in [9.17, 15) is 19.2 Å². The van der Waals surface area contributed by atoms with Crippen LogP contribution in [0.3, 0.4) is 0 Å². The molecule has 3 aliphatic rings. The summed E-state index contributed by atoms with van der Waals surface area (Å²) in [4.78, 5) is 57.7. The van der Waals surface area contributed by atoms with Gasteiger partial charge in [-0.15, -0.1) is 0 Å². The topological polar surface area (TPSA) is 81.2 Å². The molecule has 32 heavy (non-hydrogen) atoms. The van der Waals surface area contributed by atoms with E-state index in [1.54, 1.807) is 48.5 Å². The van der Waals surface area contributed by atoms with Crippen LogP contribution in [0.5, 0.6) is 0 Å². The van der Waals surface area contributed by atoms with Gasteiger partial charge in [0.25, 0.3) is 11.8 Å². The fourth-order valence-electron chi connectivity index (χ4n) is 4.86. The molecular weight excluding hydrogens is 408 g/mol. The molecule has 3 heterocycles. The van der Waals surface area contributed by atoms with Gasteiger partial charge >= 0.3 is 0 Å². The molecule has 3 fully saturated rings. The Labute approximate surface area is 186 Å². The van der Waals surface area contributed by atoms with Gasteiger partial charge in [0.05, 0.1) is 36.3 Å². The maximum Gasteiger partial charge on any atom is 0.251 e. The molecule has 164 valence electrons. The van der Waals surface area contributed by atoms with Gasteiger partial charge in [0.1, 0.15) is 0 Å². The smallest absolute Gasteiger partial charge is 0.251 e. The summed E-state index contributed by atoms with van der Waals surface area (Å²) >= 11 is 0. The van der Waals surface area contributed by atoms with E-state index in [2.05, 4.69) is 0 Å². The van der Waals surface area contributed by atoms with Crippen LogP contribution in [-0.2, 0) is 19.2 Å². The second kappa shape index (κ2) is 8.29. The zero-order chi connectivity index (χ0) is 22.2. The monoisotopic (exact) mass is 432 g/mol. The van der Waals surface area contributed by atoms with Gasteiger partial charge in [0, 0.05) is 26.2 Å². The fraction of sp³-hybridized carbons (Fsp3) is 0.333. The molecule has 0 aliphatic carbocycles. The van der Waals surface area contributed by atoms with Crippen LogP contribution in [0.4, 0.5) is 11.4 Å². The lowest BCUT2D eigenvalue weighted by Gasteiger charge is -2.38. The maximum atomic E-state index is 13.0. The third-order valence-corrected chi connectivity index (χ3v) is 6.50. The number of nitrogens with zero attached hydrogens (tertiary/aromatic N) is 4. The molecule has 0 saturated carbocycles. The molecule has 0 radical (unpaired) electrons. The number of anilines is 2. The van der Waals surface area contributed by atoms with Crippen molar-refractivity contribution in [3.8, 4) is 0 Å². The predicted molar refractivity (Wildman–Crippen MR) is 118 cm³/mol. The molecule has 0 N–H and O–H groups in total. The van der Waals surface area contributed by atoms with Crippen LogP contribution in [0.15, 0.2) is 60.7 Å². The van der Waals surface area contributed by atoms with Crippen molar-refractivity contribution in [2.45, 2.75) is 24.9 Å². The maximum absolute atomic E-state index is 13.0. The predicted octanol–water partition coefficient (Wildman–Crippen LogP) is 1.27. The summed E-state index contributed by atoms with van der Waals surface area (Å²) < 4.78 is 0. The van der Waals surface area contributed by atoms with Gasteiger partial charge in [0.2, 0.25) is 11.8 Å². The number of piperazine rings is 1. The highest BCUT2D eigenvalue weighted by Crippen LogP contribution is 2.29. The third-order valence-electron chi connectivity index (χ3n) is 6.50. The zero-order valence-corrected chi connectivity index (χ0v) is 17.6. The van der Waals surface area contributed by atoms with E-state index in [0.29, 0.717) is 37.6 Å². The molecule has 8 heteroatoms. The number of imide groups is 2. The minimum absolute atomic E-state index is 0.163. The van der Waals surface area contributed by atoms with E-state index in [1.807, 2.05) is 21.9 Å². The van der Waals surface area contributed by atoms with E-state index in [1.165, 1.54) is 9.80 Å². The number of carbonyl (C=O) groups excluding carboxylic acids is 4. The summed E-state index contributed by atoms with van der Waals surface area (Å²) in [6.07, 6.45) is 0.326. The van der Waals surface area contributed by atoms with Crippen LogP contribution in [-0.4, -0.2) is 71.7 Å². The summed E-state index contributed by atoms with van der Waals surface area (Å²) in [6, 6.07) is 17.0. The van der Waals surface area contributed by atoms with Crippen LogP contribution >= 0.6 is 0 Å². The summed E-state index contributed by atoms with van der Waals surface area (Å²) in [6.45, 7) is 2.26. The summed E-state index contributed by atoms with van der Waals surface area (Å²) in [7, 11) is 0. The van der Waals surface area contributed by atoms with Crippen molar-refractivity contribution in [1.82, 2.24) is 9.80 Å². The first-order valence-corrected chi connectivity index (χ1v) is 10.9. The number of benzene rings is 2. The van der Waals surface area contributed by atoms with E-state index in [4.69, 9.17) is 0 Å². The highest BCUT2D eigenvalue weighted by molar-refractivity contribution is 6.23. The number of hydrogen-bond acceptors (Lipinski definition) is 6. The highest BCUT2D eigenvalue weighted by atomic mass is 16.2. The lowest BCUT2D eigenvalue weighted by Crippen LogP contribution is -2.56. The van der Waals surface area contributed by atoms with Gasteiger partial charge < -0.3 is 0 Å². The largest absolute Gasteiger partial charge is 0.289 e. The van der Waals surface area contributed by atoms with Gasteiger partial charge in [0.15, 0.2) is 0 Å². The van der Waals surface area contributed by atoms with Crippen LogP contribution < -0.4 is 9.80 Å². The van der Waals surface area contributed by atoms with Crippen LogP contribution in [0.1, 0.15) is 12.8 Å². The third kappa shape index (κ3) is 3.51. The van der Waals surface area contributed by atoms with Crippen molar-refractivity contribution >= 4 is 35.0 Å². The normalized spacial score (nSPS) is 25.2. The first-order chi connectivity index (χ1) is 15.5. The Bertz CT molecular complexity index is 965. The summed E-state index contributed by atoms with van der Waals surface area (Å²) in [5, 5.41) is 0. The second-order valence-electron chi connectivity index (χ2n) is 8.32. The Hall–Kier alpha value is -3.36. The molecule has 0 unspecified atom stereocenters. The molecule has 5 rings (SSSR count). The lowest BCUT2D eigenvalue weighted by atomic mass is 10.1. The first kappa shape index (κ1) is 20.5. The summed E-state index contributed by atoms with van der Waals surface area (Å²) in [5.74, 6) is -0.776. The Morgan fingerprint density at radius 2 is 0.875 bits per heavy atom. The molecule has 8 nitrogen and oxygen atoms in total. The molecule has 2 aromatic carbocycles. The molecule has 4 amide bonds. The molecule has 0 bridgehead atoms. The average Bonchev–Trinajstić information content (AvgIpc) is 3.29. The number of para-hydroxylation sites is 2. The van der Waals surface area contributed by atoms with Gasteiger partial charge in [-0.3, -0.25) is 29.0 Å². The Balaban J connectivity index is 1.23. The van der Waals surface area contributed by atoms with E-state index in [-0.39, 0.29) is 36.5 Å². The minimum Gasteiger partial charge on any atom is -0.289 e.